The zero-order valence-electron chi connectivity index (χ0n) is 10.2. The number of fused-ring (bicyclic) bond motifs is 1. The van der Waals surface area contributed by atoms with Gasteiger partial charge in [0.2, 0.25) is 0 Å². The molecule has 1 N–H and O–H groups in total. The molecule has 3 rings (SSSR count). The van der Waals surface area contributed by atoms with Crippen LogP contribution in [-0.2, 0) is 9.53 Å². The van der Waals surface area contributed by atoms with Crippen molar-refractivity contribution in [3.05, 3.63) is 42.5 Å². The summed E-state index contributed by atoms with van der Waals surface area (Å²) in [4.78, 5) is 11.6. The SMILES string of the molecule is C[C@H]1C[C@@H](Nc2cccc3ccccc23)C(=O)O1. The average Bonchev–Trinajstić information content (AvgIpc) is 2.68. The van der Waals surface area contributed by atoms with Gasteiger partial charge in [0, 0.05) is 17.5 Å². The van der Waals surface area contributed by atoms with Gasteiger partial charge < -0.3 is 10.1 Å². The van der Waals surface area contributed by atoms with Crippen molar-refractivity contribution in [1.82, 2.24) is 0 Å². The van der Waals surface area contributed by atoms with Crippen LogP contribution >= 0.6 is 0 Å². The highest BCUT2D eigenvalue weighted by Gasteiger charge is 2.31. The van der Waals surface area contributed by atoms with Crippen LogP contribution in [0.2, 0.25) is 0 Å². The number of cyclic esters (lactones) is 1. The van der Waals surface area contributed by atoms with E-state index < -0.39 is 0 Å². The number of rotatable bonds is 2. The van der Waals surface area contributed by atoms with E-state index in [2.05, 4.69) is 23.5 Å². The number of hydrogen-bond donors (Lipinski definition) is 1. The minimum atomic E-state index is -0.231. The summed E-state index contributed by atoms with van der Waals surface area (Å²) in [5, 5.41) is 5.59. The van der Waals surface area contributed by atoms with Crippen molar-refractivity contribution < 1.29 is 9.53 Å². The smallest absolute Gasteiger partial charge is 0.328 e. The first-order chi connectivity index (χ1) is 8.74. The van der Waals surface area contributed by atoms with E-state index in [0.29, 0.717) is 0 Å². The maximum Gasteiger partial charge on any atom is 0.328 e. The molecule has 18 heavy (non-hydrogen) atoms. The van der Waals surface area contributed by atoms with Crippen molar-refractivity contribution in [2.24, 2.45) is 0 Å². The van der Waals surface area contributed by atoms with Crippen LogP contribution in [0, 0.1) is 0 Å². The summed E-state index contributed by atoms with van der Waals surface area (Å²) < 4.78 is 5.16. The summed E-state index contributed by atoms with van der Waals surface area (Å²) in [5.74, 6) is -0.157. The second-order valence-corrected chi connectivity index (χ2v) is 4.71. The molecule has 0 radical (unpaired) electrons. The van der Waals surface area contributed by atoms with Gasteiger partial charge in [-0.2, -0.15) is 0 Å². The van der Waals surface area contributed by atoms with Gasteiger partial charge in [-0.1, -0.05) is 36.4 Å². The van der Waals surface area contributed by atoms with Gasteiger partial charge in [0.15, 0.2) is 0 Å². The fourth-order valence-electron chi connectivity index (χ4n) is 2.41. The summed E-state index contributed by atoms with van der Waals surface area (Å²) in [6.07, 6.45) is 0.729. The van der Waals surface area contributed by atoms with Crippen molar-refractivity contribution >= 4 is 22.4 Å². The molecular formula is C15H15NO2. The summed E-state index contributed by atoms with van der Waals surface area (Å²) in [6, 6.07) is 14.0. The van der Waals surface area contributed by atoms with Crippen molar-refractivity contribution in [1.29, 1.82) is 0 Å². The highest BCUT2D eigenvalue weighted by molar-refractivity contribution is 5.95. The predicted molar refractivity (Wildman–Crippen MR) is 71.5 cm³/mol. The zero-order chi connectivity index (χ0) is 12.5. The standard InChI is InChI=1S/C15H15NO2/c1-10-9-14(15(17)18-10)16-13-8-4-6-11-5-2-3-7-12(11)13/h2-8,10,14,16H,9H2,1H3/t10-,14+/m0/s1. The Kier molecular flexibility index (Phi) is 2.67. The minimum Gasteiger partial charge on any atom is -0.461 e. The number of carbonyl (C=O) groups excluding carboxylic acids is 1. The molecule has 2 atom stereocenters. The topological polar surface area (TPSA) is 38.3 Å². The molecule has 1 aliphatic rings. The fraction of sp³-hybridized carbons (Fsp3) is 0.267. The molecule has 2 aromatic rings. The lowest BCUT2D eigenvalue weighted by Gasteiger charge is -2.12. The highest BCUT2D eigenvalue weighted by Crippen LogP contribution is 2.26. The van der Waals surface area contributed by atoms with E-state index in [9.17, 15) is 4.79 Å². The molecule has 1 fully saturated rings. The van der Waals surface area contributed by atoms with Crippen LogP contribution in [0.5, 0.6) is 0 Å². The number of hydrogen-bond acceptors (Lipinski definition) is 3. The number of carbonyl (C=O) groups is 1. The van der Waals surface area contributed by atoms with E-state index in [1.807, 2.05) is 31.2 Å². The van der Waals surface area contributed by atoms with E-state index in [1.165, 1.54) is 5.39 Å². The van der Waals surface area contributed by atoms with Gasteiger partial charge in [-0.15, -0.1) is 0 Å². The molecule has 0 unspecified atom stereocenters. The molecule has 1 heterocycles. The molecule has 3 heteroatoms. The third-order valence-electron chi connectivity index (χ3n) is 3.29. The predicted octanol–water partition coefficient (Wildman–Crippen LogP) is 2.96. The monoisotopic (exact) mass is 241 g/mol. The van der Waals surface area contributed by atoms with Crippen LogP contribution in [0.3, 0.4) is 0 Å². The molecule has 0 aromatic heterocycles. The summed E-state index contributed by atoms with van der Waals surface area (Å²) in [6.45, 7) is 1.92. The van der Waals surface area contributed by atoms with E-state index in [-0.39, 0.29) is 18.1 Å². The largest absolute Gasteiger partial charge is 0.461 e. The Labute approximate surface area is 106 Å². The van der Waals surface area contributed by atoms with Gasteiger partial charge >= 0.3 is 5.97 Å². The Bertz CT molecular complexity index is 589. The summed E-state index contributed by atoms with van der Waals surface area (Å²) in [5.41, 5.74) is 0.990. The molecule has 92 valence electrons. The third kappa shape index (κ3) is 1.92. The lowest BCUT2D eigenvalue weighted by atomic mass is 10.1. The average molecular weight is 241 g/mol. The first kappa shape index (κ1) is 11.1. The second-order valence-electron chi connectivity index (χ2n) is 4.71. The van der Waals surface area contributed by atoms with Crippen LogP contribution < -0.4 is 5.32 Å². The van der Waals surface area contributed by atoms with Crippen molar-refractivity contribution in [3.63, 3.8) is 0 Å². The molecule has 0 aliphatic carbocycles. The van der Waals surface area contributed by atoms with Crippen molar-refractivity contribution in [3.8, 4) is 0 Å². The van der Waals surface area contributed by atoms with Crippen LogP contribution in [0.1, 0.15) is 13.3 Å². The Balaban J connectivity index is 1.93. The number of benzene rings is 2. The molecule has 1 aliphatic heterocycles. The summed E-state index contributed by atoms with van der Waals surface area (Å²) in [7, 11) is 0. The van der Waals surface area contributed by atoms with Crippen LogP contribution in [0.4, 0.5) is 5.69 Å². The lowest BCUT2D eigenvalue weighted by molar-refractivity contribution is -0.141. The Morgan fingerprint density at radius 1 is 1.17 bits per heavy atom. The van der Waals surface area contributed by atoms with Crippen LogP contribution in [0.15, 0.2) is 42.5 Å². The molecule has 0 spiro atoms. The van der Waals surface area contributed by atoms with Crippen LogP contribution in [-0.4, -0.2) is 18.1 Å². The molecule has 0 saturated carbocycles. The van der Waals surface area contributed by atoms with Gasteiger partial charge in [-0.25, -0.2) is 4.79 Å². The molecule has 2 aromatic carbocycles. The maximum atomic E-state index is 11.6. The number of esters is 1. The second kappa shape index (κ2) is 4.33. The van der Waals surface area contributed by atoms with Crippen LogP contribution in [0.25, 0.3) is 10.8 Å². The molecule has 0 amide bonds. The Morgan fingerprint density at radius 3 is 2.72 bits per heavy atom. The minimum absolute atomic E-state index is 0.00461. The van der Waals surface area contributed by atoms with Crippen molar-refractivity contribution in [2.45, 2.75) is 25.5 Å². The molecular weight excluding hydrogens is 226 g/mol. The van der Waals surface area contributed by atoms with E-state index in [1.54, 1.807) is 0 Å². The molecule has 3 nitrogen and oxygen atoms in total. The first-order valence-corrected chi connectivity index (χ1v) is 6.19. The summed E-state index contributed by atoms with van der Waals surface area (Å²) >= 11 is 0. The van der Waals surface area contributed by atoms with Gasteiger partial charge in [0.25, 0.3) is 0 Å². The third-order valence-corrected chi connectivity index (χ3v) is 3.29. The molecule has 0 bridgehead atoms. The first-order valence-electron chi connectivity index (χ1n) is 6.19. The van der Waals surface area contributed by atoms with Gasteiger partial charge in [-0.05, 0) is 18.4 Å². The lowest BCUT2D eigenvalue weighted by Crippen LogP contribution is -2.24. The van der Waals surface area contributed by atoms with E-state index in [0.717, 1.165) is 17.5 Å². The van der Waals surface area contributed by atoms with Gasteiger partial charge in [-0.3, -0.25) is 0 Å². The maximum absolute atomic E-state index is 11.6. The Morgan fingerprint density at radius 2 is 1.94 bits per heavy atom. The zero-order valence-corrected chi connectivity index (χ0v) is 10.2. The van der Waals surface area contributed by atoms with E-state index >= 15 is 0 Å². The Hall–Kier alpha value is -2.03. The quantitative estimate of drug-likeness (QED) is 0.821. The van der Waals surface area contributed by atoms with Gasteiger partial charge in [0.1, 0.15) is 12.1 Å². The van der Waals surface area contributed by atoms with E-state index in [4.69, 9.17) is 4.74 Å². The number of nitrogens with one attached hydrogen (secondary N) is 1. The molecule has 1 saturated heterocycles. The van der Waals surface area contributed by atoms with Crippen molar-refractivity contribution in [2.75, 3.05) is 5.32 Å². The highest BCUT2D eigenvalue weighted by atomic mass is 16.6. The fourth-order valence-corrected chi connectivity index (χ4v) is 2.41. The normalized spacial score (nSPS) is 23.1. The number of ether oxygens (including phenoxy) is 1. The number of anilines is 1. The van der Waals surface area contributed by atoms with Gasteiger partial charge in [0.05, 0.1) is 0 Å².